The fourth-order valence-corrected chi connectivity index (χ4v) is 0.944. The Morgan fingerprint density at radius 1 is 1.00 bits per heavy atom. The summed E-state index contributed by atoms with van der Waals surface area (Å²) in [4.78, 5) is 4.12. The first-order chi connectivity index (χ1) is 5.47. The minimum absolute atomic E-state index is 0. The van der Waals surface area contributed by atoms with E-state index in [1.165, 1.54) is 5.39 Å². The summed E-state index contributed by atoms with van der Waals surface area (Å²) >= 11 is 0. The fourth-order valence-electron chi connectivity index (χ4n) is 0.944. The van der Waals surface area contributed by atoms with E-state index in [1.54, 1.807) is 0 Å². The molecule has 68 valence electrons. The molecule has 0 aliphatic rings. The number of rotatable bonds is 0. The Morgan fingerprint density at radius 3 is 2.33 bits per heavy atom. The number of fused-ring (bicyclic) bond motifs is 1. The predicted octanol–water partition coefficient (Wildman–Crippen LogP) is 2.82. The molecule has 2 rings (SSSR count). The van der Waals surface area contributed by atoms with Crippen LogP contribution < -0.4 is 4.98 Å². The van der Waals surface area contributed by atoms with E-state index in [9.17, 15) is 0 Å². The number of benzene rings is 1. The summed E-state index contributed by atoms with van der Waals surface area (Å²) in [5, 5.41) is 1.22. The zero-order valence-corrected chi connectivity index (χ0v) is 8.15. The SMILES string of the molecule is CC.[Cu+].c1ccc2[n-]ccc2c1. The summed E-state index contributed by atoms with van der Waals surface area (Å²) in [5.74, 6) is 0. The van der Waals surface area contributed by atoms with Crippen LogP contribution in [0.3, 0.4) is 0 Å². The van der Waals surface area contributed by atoms with Gasteiger partial charge in [0.05, 0.1) is 0 Å². The molecule has 2 aromatic rings. The molecule has 0 saturated heterocycles. The minimum atomic E-state index is 0. The third-order valence-electron chi connectivity index (χ3n) is 1.40. The zero-order chi connectivity index (χ0) is 8.10. The molecule has 0 atom stereocenters. The van der Waals surface area contributed by atoms with Crippen molar-refractivity contribution in [3.63, 3.8) is 0 Å². The van der Waals surface area contributed by atoms with Gasteiger partial charge in [-0.15, -0.1) is 5.52 Å². The van der Waals surface area contributed by atoms with Crippen molar-refractivity contribution in [3.8, 4) is 0 Å². The fraction of sp³-hybridized carbons (Fsp3) is 0.200. The van der Waals surface area contributed by atoms with Crippen molar-refractivity contribution >= 4 is 10.9 Å². The van der Waals surface area contributed by atoms with E-state index in [-0.39, 0.29) is 17.1 Å². The summed E-state index contributed by atoms with van der Waals surface area (Å²) in [7, 11) is 0. The van der Waals surface area contributed by atoms with Gasteiger partial charge in [0, 0.05) is 0 Å². The Morgan fingerprint density at radius 2 is 1.67 bits per heavy atom. The molecule has 0 fully saturated rings. The molecule has 0 N–H and O–H groups in total. The van der Waals surface area contributed by atoms with Crippen molar-refractivity contribution in [1.29, 1.82) is 0 Å². The van der Waals surface area contributed by atoms with Gasteiger partial charge in [0.25, 0.3) is 0 Å². The van der Waals surface area contributed by atoms with Crippen molar-refractivity contribution in [2.45, 2.75) is 13.8 Å². The van der Waals surface area contributed by atoms with Crippen LogP contribution in [-0.2, 0) is 17.1 Å². The van der Waals surface area contributed by atoms with Crippen molar-refractivity contribution in [2.75, 3.05) is 0 Å². The van der Waals surface area contributed by atoms with E-state index in [1.807, 2.05) is 44.3 Å². The smallest absolute Gasteiger partial charge is 0.664 e. The van der Waals surface area contributed by atoms with Crippen molar-refractivity contribution in [2.24, 2.45) is 0 Å². The number of hydrogen-bond donors (Lipinski definition) is 0. The molecule has 12 heavy (non-hydrogen) atoms. The monoisotopic (exact) mass is 209 g/mol. The Hall–Kier alpha value is -0.721. The van der Waals surface area contributed by atoms with Crippen LogP contribution in [0, 0.1) is 0 Å². The standard InChI is InChI=1S/C8H6N.C2H6.Cu/c1-2-4-8-7(3-1)5-6-9-8;1-2;/h1-6H;1-2H3;/q-1;;+1. The Kier molecular flexibility index (Phi) is 5.52. The number of hydrogen-bond acceptors (Lipinski definition) is 0. The molecule has 0 radical (unpaired) electrons. The molecule has 0 bridgehead atoms. The van der Waals surface area contributed by atoms with Gasteiger partial charge in [-0.25, -0.2) is 0 Å². The van der Waals surface area contributed by atoms with Gasteiger partial charge in [-0.2, -0.15) is 6.20 Å². The summed E-state index contributed by atoms with van der Waals surface area (Å²) in [5.41, 5.74) is 1.08. The predicted molar refractivity (Wildman–Crippen MR) is 48.6 cm³/mol. The van der Waals surface area contributed by atoms with E-state index in [4.69, 9.17) is 0 Å². The van der Waals surface area contributed by atoms with E-state index in [0.717, 1.165) is 5.52 Å². The van der Waals surface area contributed by atoms with Gasteiger partial charge < -0.3 is 4.98 Å². The molecule has 0 spiro atoms. The molecular formula is C10H12CuN. The zero-order valence-electron chi connectivity index (χ0n) is 7.21. The number of aromatic nitrogens is 1. The van der Waals surface area contributed by atoms with Crippen LogP contribution in [0.2, 0.25) is 0 Å². The first-order valence-electron chi connectivity index (χ1n) is 3.93. The second-order valence-corrected chi connectivity index (χ2v) is 2.00. The maximum atomic E-state index is 4.12. The normalized spacial score (nSPS) is 8.17. The third kappa shape index (κ3) is 2.40. The number of para-hydroxylation sites is 1. The molecule has 1 nitrogen and oxygen atoms in total. The topological polar surface area (TPSA) is 14.1 Å². The minimum Gasteiger partial charge on any atom is -0.664 e. The second-order valence-electron chi connectivity index (χ2n) is 2.00. The first kappa shape index (κ1) is 11.3. The molecule has 0 aliphatic carbocycles. The van der Waals surface area contributed by atoms with Gasteiger partial charge in [-0.1, -0.05) is 44.2 Å². The largest absolute Gasteiger partial charge is 1.00 e. The molecule has 1 aromatic heterocycles. The average molecular weight is 210 g/mol. The Labute approximate surface area is 83.7 Å². The van der Waals surface area contributed by atoms with Gasteiger partial charge in [0.1, 0.15) is 0 Å². The maximum Gasteiger partial charge on any atom is 1.00 e. The van der Waals surface area contributed by atoms with Gasteiger partial charge in [0.2, 0.25) is 0 Å². The van der Waals surface area contributed by atoms with E-state index < -0.39 is 0 Å². The molecular weight excluding hydrogens is 198 g/mol. The van der Waals surface area contributed by atoms with Gasteiger partial charge in [-0.3, -0.25) is 0 Å². The molecule has 0 aliphatic heterocycles. The van der Waals surface area contributed by atoms with Crippen molar-refractivity contribution in [3.05, 3.63) is 36.5 Å². The van der Waals surface area contributed by atoms with Crippen LogP contribution in [0.4, 0.5) is 0 Å². The van der Waals surface area contributed by atoms with Crippen molar-refractivity contribution < 1.29 is 17.1 Å². The Balaban J connectivity index is 0.000000378. The van der Waals surface area contributed by atoms with E-state index in [0.29, 0.717) is 0 Å². The van der Waals surface area contributed by atoms with Gasteiger partial charge in [0.15, 0.2) is 0 Å². The third-order valence-corrected chi connectivity index (χ3v) is 1.40. The number of nitrogens with zero attached hydrogens (tertiary/aromatic N) is 1. The van der Waals surface area contributed by atoms with Gasteiger partial charge in [-0.05, 0) is 5.39 Å². The quantitative estimate of drug-likeness (QED) is 0.609. The summed E-state index contributed by atoms with van der Waals surface area (Å²) in [6.07, 6.45) is 1.82. The summed E-state index contributed by atoms with van der Waals surface area (Å²) in [6, 6.07) is 10.1. The van der Waals surface area contributed by atoms with Gasteiger partial charge >= 0.3 is 17.1 Å². The molecule has 1 aromatic carbocycles. The van der Waals surface area contributed by atoms with E-state index in [2.05, 4.69) is 11.1 Å². The maximum absolute atomic E-state index is 4.12. The molecule has 0 unspecified atom stereocenters. The van der Waals surface area contributed by atoms with Crippen LogP contribution >= 0.6 is 0 Å². The molecule has 2 heteroatoms. The molecule has 1 heterocycles. The van der Waals surface area contributed by atoms with Crippen LogP contribution in [0.5, 0.6) is 0 Å². The molecule has 0 amide bonds. The average Bonchev–Trinajstić information content (AvgIpc) is 2.55. The second kappa shape index (κ2) is 5.87. The van der Waals surface area contributed by atoms with Crippen LogP contribution in [0.25, 0.3) is 10.9 Å². The first-order valence-corrected chi connectivity index (χ1v) is 3.93. The van der Waals surface area contributed by atoms with Crippen LogP contribution in [0.1, 0.15) is 13.8 Å². The Bertz CT molecular complexity index is 284. The molecule has 0 saturated carbocycles. The van der Waals surface area contributed by atoms with Crippen LogP contribution in [-0.4, -0.2) is 0 Å². The summed E-state index contributed by atoms with van der Waals surface area (Å²) in [6.45, 7) is 4.00. The summed E-state index contributed by atoms with van der Waals surface area (Å²) < 4.78 is 0. The van der Waals surface area contributed by atoms with E-state index >= 15 is 0 Å². The van der Waals surface area contributed by atoms with Crippen molar-refractivity contribution in [1.82, 2.24) is 4.98 Å². The van der Waals surface area contributed by atoms with Crippen LogP contribution in [0.15, 0.2) is 36.5 Å².